The first kappa shape index (κ1) is 24.2. The van der Waals surface area contributed by atoms with Crippen LogP contribution in [0.1, 0.15) is 57.7 Å². The topological polar surface area (TPSA) is 62.6 Å². The molecule has 0 spiro atoms. The number of rotatable bonds is 4. The molecule has 0 bridgehead atoms. The van der Waals surface area contributed by atoms with Gasteiger partial charge in [-0.25, -0.2) is 0 Å². The summed E-state index contributed by atoms with van der Waals surface area (Å²) >= 11 is 0. The van der Waals surface area contributed by atoms with Crippen molar-refractivity contribution in [2.75, 3.05) is 26.2 Å². The van der Waals surface area contributed by atoms with Gasteiger partial charge in [-0.05, 0) is 42.0 Å². The number of hydrogen-bond donors (Lipinski definition) is 0. The SMILES string of the molecule is Cc1ccc(-n2cc3c(c(C(=O)N4CCN(Cc5ccccc5)CC4)c2=O)CC(C)(C)CC3=O)cc1. The van der Waals surface area contributed by atoms with E-state index in [0.29, 0.717) is 42.7 Å². The summed E-state index contributed by atoms with van der Waals surface area (Å²) < 4.78 is 1.48. The third-order valence-electron chi connectivity index (χ3n) is 7.35. The predicted molar refractivity (Wildman–Crippen MR) is 141 cm³/mol. The van der Waals surface area contributed by atoms with Crippen LogP contribution in [0, 0.1) is 12.3 Å². The Hall–Kier alpha value is -3.51. The number of nitrogens with zero attached hydrogens (tertiary/aromatic N) is 3. The zero-order valence-corrected chi connectivity index (χ0v) is 21.3. The molecule has 2 aliphatic rings. The first-order valence-corrected chi connectivity index (χ1v) is 12.7. The van der Waals surface area contributed by atoms with Crippen LogP contribution in [0.2, 0.25) is 0 Å². The van der Waals surface area contributed by atoms with Crippen molar-refractivity contribution in [1.82, 2.24) is 14.4 Å². The minimum atomic E-state index is -0.347. The zero-order valence-electron chi connectivity index (χ0n) is 21.3. The minimum absolute atomic E-state index is 0.0103. The molecule has 1 amide bonds. The van der Waals surface area contributed by atoms with Gasteiger partial charge in [0.25, 0.3) is 11.5 Å². The fraction of sp³-hybridized carbons (Fsp3) is 0.367. The Balaban J connectivity index is 1.48. The Morgan fingerprint density at radius 3 is 2.22 bits per heavy atom. The maximum absolute atomic E-state index is 13.9. The Bertz CT molecular complexity index is 1350. The van der Waals surface area contributed by atoms with Crippen LogP contribution in [0.5, 0.6) is 0 Å². The molecule has 1 aliphatic carbocycles. The van der Waals surface area contributed by atoms with Gasteiger partial charge in [-0.1, -0.05) is 61.9 Å². The van der Waals surface area contributed by atoms with Crippen molar-refractivity contribution in [2.45, 2.75) is 40.2 Å². The molecule has 0 unspecified atom stereocenters. The molecule has 2 heterocycles. The van der Waals surface area contributed by atoms with Crippen molar-refractivity contribution >= 4 is 11.7 Å². The number of hydrogen-bond acceptors (Lipinski definition) is 4. The van der Waals surface area contributed by atoms with E-state index in [4.69, 9.17) is 0 Å². The van der Waals surface area contributed by atoms with Gasteiger partial charge >= 0.3 is 0 Å². The van der Waals surface area contributed by atoms with E-state index in [2.05, 4.69) is 17.0 Å². The highest BCUT2D eigenvalue weighted by Gasteiger charge is 2.37. The summed E-state index contributed by atoms with van der Waals surface area (Å²) in [6.45, 7) is 9.46. The van der Waals surface area contributed by atoms with Crippen LogP contribution in [0.25, 0.3) is 5.69 Å². The van der Waals surface area contributed by atoms with Gasteiger partial charge < -0.3 is 4.90 Å². The summed E-state index contributed by atoms with van der Waals surface area (Å²) in [4.78, 5) is 45.0. The molecular weight excluding hydrogens is 450 g/mol. The van der Waals surface area contributed by atoms with Crippen LogP contribution < -0.4 is 5.56 Å². The number of carbonyl (C=O) groups excluding carboxylic acids is 2. The molecule has 6 nitrogen and oxygen atoms in total. The van der Waals surface area contributed by atoms with Gasteiger partial charge in [-0.15, -0.1) is 0 Å². The van der Waals surface area contributed by atoms with Gasteiger partial charge in [0.15, 0.2) is 5.78 Å². The quantitative estimate of drug-likeness (QED) is 0.556. The molecule has 3 aromatic rings. The number of benzene rings is 2. The first-order chi connectivity index (χ1) is 17.2. The summed E-state index contributed by atoms with van der Waals surface area (Å²) in [5, 5.41) is 0. The number of Topliss-reactive ketones (excluding diaryl/α,β-unsaturated/α-hetero) is 1. The number of amides is 1. The molecule has 0 atom stereocenters. The second kappa shape index (κ2) is 9.51. The number of piperazine rings is 1. The van der Waals surface area contributed by atoms with E-state index in [0.717, 1.165) is 25.2 Å². The van der Waals surface area contributed by atoms with Gasteiger partial charge in [0.05, 0.1) is 0 Å². The molecule has 6 heteroatoms. The fourth-order valence-electron chi connectivity index (χ4n) is 5.37. The molecular formula is C30H33N3O3. The van der Waals surface area contributed by atoms with Crippen molar-refractivity contribution in [3.8, 4) is 5.69 Å². The lowest BCUT2D eigenvalue weighted by Crippen LogP contribution is -2.50. The molecule has 1 aromatic heterocycles. The highest BCUT2D eigenvalue weighted by molar-refractivity contribution is 6.04. The highest BCUT2D eigenvalue weighted by atomic mass is 16.2. The van der Waals surface area contributed by atoms with Crippen molar-refractivity contribution in [3.05, 3.63) is 99.0 Å². The van der Waals surface area contributed by atoms with Gasteiger partial charge in [-0.2, -0.15) is 0 Å². The monoisotopic (exact) mass is 483 g/mol. The summed E-state index contributed by atoms with van der Waals surface area (Å²) in [5.74, 6) is -0.272. The number of ketones is 1. The standard InChI is InChI=1S/C30H33N3O3/c1-21-9-11-23(12-10-21)33-20-25-24(17-30(2,3)18-26(25)34)27(29(33)36)28(35)32-15-13-31(14-16-32)19-22-7-5-4-6-8-22/h4-12,20H,13-19H2,1-3H3. The van der Waals surface area contributed by atoms with Crippen LogP contribution in [-0.2, 0) is 13.0 Å². The number of aryl methyl sites for hydroxylation is 1. The van der Waals surface area contributed by atoms with E-state index in [-0.39, 0.29) is 28.2 Å². The molecule has 1 fully saturated rings. The van der Waals surface area contributed by atoms with E-state index in [1.54, 1.807) is 11.1 Å². The lowest BCUT2D eigenvalue weighted by atomic mass is 9.73. The molecule has 1 saturated heterocycles. The Kier molecular flexibility index (Phi) is 6.39. The largest absolute Gasteiger partial charge is 0.336 e. The molecule has 5 rings (SSSR count). The van der Waals surface area contributed by atoms with Crippen LogP contribution in [-0.4, -0.2) is 52.2 Å². The van der Waals surface area contributed by atoms with E-state index in [9.17, 15) is 14.4 Å². The van der Waals surface area contributed by atoms with Crippen LogP contribution in [0.15, 0.2) is 65.6 Å². The third-order valence-corrected chi connectivity index (χ3v) is 7.35. The molecule has 0 N–H and O–H groups in total. The normalized spacial score (nSPS) is 17.6. The Morgan fingerprint density at radius 1 is 0.889 bits per heavy atom. The van der Waals surface area contributed by atoms with E-state index in [1.165, 1.54) is 10.1 Å². The number of fused-ring (bicyclic) bond motifs is 1. The summed E-state index contributed by atoms with van der Waals surface area (Å²) in [5.41, 5.74) is 3.61. The lowest BCUT2D eigenvalue weighted by molar-refractivity contribution is 0.0624. The van der Waals surface area contributed by atoms with Gasteiger partial charge in [-0.3, -0.25) is 23.9 Å². The maximum atomic E-state index is 13.9. The third kappa shape index (κ3) is 4.78. The van der Waals surface area contributed by atoms with Crippen molar-refractivity contribution in [2.24, 2.45) is 5.41 Å². The van der Waals surface area contributed by atoms with Crippen molar-refractivity contribution in [1.29, 1.82) is 0 Å². The van der Waals surface area contributed by atoms with E-state index < -0.39 is 0 Å². The zero-order chi connectivity index (χ0) is 25.4. The Labute approximate surface area is 212 Å². The van der Waals surface area contributed by atoms with Gasteiger partial charge in [0, 0.05) is 56.6 Å². The summed E-state index contributed by atoms with van der Waals surface area (Å²) in [6, 6.07) is 17.9. The van der Waals surface area contributed by atoms with Crippen molar-refractivity contribution in [3.63, 3.8) is 0 Å². The smallest absolute Gasteiger partial charge is 0.268 e. The fourth-order valence-corrected chi connectivity index (χ4v) is 5.37. The van der Waals surface area contributed by atoms with Crippen LogP contribution in [0.4, 0.5) is 0 Å². The number of carbonyl (C=O) groups is 2. The second-order valence-electron chi connectivity index (χ2n) is 10.9. The number of pyridine rings is 1. The average molecular weight is 484 g/mol. The summed E-state index contributed by atoms with van der Waals surface area (Å²) in [7, 11) is 0. The second-order valence-corrected chi connectivity index (χ2v) is 10.9. The maximum Gasteiger partial charge on any atom is 0.268 e. The van der Waals surface area contributed by atoms with Gasteiger partial charge in [0.1, 0.15) is 5.56 Å². The van der Waals surface area contributed by atoms with Gasteiger partial charge in [0.2, 0.25) is 0 Å². The average Bonchev–Trinajstić information content (AvgIpc) is 2.85. The minimum Gasteiger partial charge on any atom is -0.336 e. The first-order valence-electron chi connectivity index (χ1n) is 12.7. The molecule has 36 heavy (non-hydrogen) atoms. The molecule has 186 valence electrons. The van der Waals surface area contributed by atoms with E-state index in [1.807, 2.05) is 63.2 Å². The molecule has 0 saturated carbocycles. The number of aromatic nitrogens is 1. The predicted octanol–water partition coefficient (Wildman–Crippen LogP) is 4.26. The van der Waals surface area contributed by atoms with Crippen LogP contribution in [0.3, 0.4) is 0 Å². The summed E-state index contributed by atoms with van der Waals surface area (Å²) in [6.07, 6.45) is 2.58. The molecule has 2 aromatic carbocycles. The molecule has 0 radical (unpaired) electrons. The van der Waals surface area contributed by atoms with E-state index >= 15 is 0 Å². The lowest BCUT2D eigenvalue weighted by Gasteiger charge is -2.36. The highest BCUT2D eigenvalue weighted by Crippen LogP contribution is 2.36. The van der Waals surface area contributed by atoms with Crippen molar-refractivity contribution < 1.29 is 9.59 Å². The van der Waals surface area contributed by atoms with Crippen LogP contribution >= 0.6 is 0 Å². The Morgan fingerprint density at radius 2 is 1.56 bits per heavy atom. The molecule has 1 aliphatic heterocycles.